The Hall–Kier alpha value is -3.13. The minimum atomic E-state index is -0.447. The molecule has 1 N–H and O–H groups in total. The van der Waals surface area contributed by atoms with Gasteiger partial charge in [0.1, 0.15) is 17.3 Å². The zero-order valence-electron chi connectivity index (χ0n) is 17.1. The Morgan fingerprint density at radius 1 is 1.37 bits per heavy atom. The Bertz CT molecular complexity index is 1090. The molecule has 1 saturated heterocycles. The number of carbonyl (C=O) groups excluding carboxylic acids is 2. The number of hydrogen-bond acceptors (Lipinski definition) is 6. The molecule has 2 aromatic heterocycles. The van der Waals surface area contributed by atoms with Crippen LogP contribution in [0.1, 0.15) is 24.9 Å². The van der Waals surface area contributed by atoms with Gasteiger partial charge in [-0.05, 0) is 39.0 Å². The highest BCUT2D eigenvalue weighted by atomic mass is 32.1. The number of ether oxygens (including phenoxy) is 1. The molecule has 0 bridgehead atoms. The summed E-state index contributed by atoms with van der Waals surface area (Å²) in [4.78, 5) is 31.5. The summed E-state index contributed by atoms with van der Waals surface area (Å²) < 4.78 is 11.2. The lowest BCUT2D eigenvalue weighted by Crippen LogP contribution is -2.28. The molecule has 4 rings (SSSR count). The quantitative estimate of drug-likeness (QED) is 0.632. The molecule has 0 aliphatic carbocycles. The molecule has 0 radical (unpaired) electrons. The molecular formula is C22H23N3O4S. The highest BCUT2D eigenvalue weighted by Gasteiger charge is 2.36. The first-order valence-corrected chi connectivity index (χ1v) is 10.7. The van der Waals surface area contributed by atoms with Gasteiger partial charge in [0, 0.05) is 23.9 Å². The summed E-state index contributed by atoms with van der Waals surface area (Å²) in [6.45, 7) is 6.49. The Labute approximate surface area is 178 Å². The number of thiazole rings is 1. The molecule has 8 heteroatoms. The van der Waals surface area contributed by atoms with E-state index in [2.05, 4.69) is 10.3 Å². The maximum atomic E-state index is 12.8. The number of nitrogens with one attached hydrogen (secondary N) is 1. The van der Waals surface area contributed by atoms with Crippen molar-refractivity contribution in [3.05, 3.63) is 47.2 Å². The van der Waals surface area contributed by atoms with Gasteiger partial charge in [0.15, 0.2) is 5.13 Å². The van der Waals surface area contributed by atoms with Crippen LogP contribution in [-0.4, -0.2) is 29.9 Å². The van der Waals surface area contributed by atoms with Gasteiger partial charge in [-0.3, -0.25) is 9.59 Å². The van der Waals surface area contributed by atoms with Crippen molar-refractivity contribution in [1.82, 2.24) is 4.98 Å². The van der Waals surface area contributed by atoms with E-state index in [1.807, 2.05) is 56.5 Å². The van der Waals surface area contributed by atoms with E-state index in [1.165, 1.54) is 11.3 Å². The van der Waals surface area contributed by atoms with Gasteiger partial charge >= 0.3 is 0 Å². The Balaban J connectivity index is 1.45. The molecule has 3 heterocycles. The Morgan fingerprint density at radius 3 is 2.90 bits per heavy atom. The number of amides is 2. The van der Waals surface area contributed by atoms with E-state index in [9.17, 15) is 9.59 Å². The standard InChI is InChI=1S/C22H23N3O4S/c1-4-28-19-8-6-5-7-18(19)25-11-15(10-20(25)26)21(27)24-22-23-17(12-30-22)16-9-13(2)29-14(16)3/h5-9,12,15H,4,10-11H2,1-3H3,(H,23,24,27). The van der Waals surface area contributed by atoms with Crippen LogP contribution in [0.4, 0.5) is 10.8 Å². The zero-order valence-corrected chi connectivity index (χ0v) is 17.9. The molecular weight excluding hydrogens is 402 g/mol. The van der Waals surface area contributed by atoms with E-state index in [4.69, 9.17) is 9.15 Å². The predicted octanol–water partition coefficient (Wildman–Crippen LogP) is 4.41. The van der Waals surface area contributed by atoms with Crippen molar-refractivity contribution in [2.45, 2.75) is 27.2 Å². The van der Waals surface area contributed by atoms with Gasteiger partial charge in [-0.15, -0.1) is 11.3 Å². The van der Waals surface area contributed by atoms with Gasteiger partial charge in [0.05, 0.1) is 23.9 Å². The molecule has 0 spiro atoms. The molecule has 2 amide bonds. The molecule has 3 aromatic rings. The second-order valence-corrected chi connectivity index (χ2v) is 8.02. The van der Waals surface area contributed by atoms with Gasteiger partial charge in [-0.1, -0.05) is 12.1 Å². The third kappa shape index (κ3) is 3.95. The second kappa shape index (κ2) is 8.31. The molecule has 7 nitrogen and oxygen atoms in total. The topological polar surface area (TPSA) is 84.7 Å². The first kappa shape index (κ1) is 20.2. The lowest BCUT2D eigenvalue weighted by molar-refractivity contribution is -0.122. The third-order valence-electron chi connectivity index (χ3n) is 5.00. The summed E-state index contributed by atoms with van der Waals surface area (Å²) in [6, 6.07) is 9.32. The number of aryl methyl sites for hydroxylation is 2. The molecule has 1 unspecified atom stereocenters. The smallest absolute Gasteiger partial charge is 0.231 e. The van der Waals surface area contributed by atoms with Crippen LogP contribution in [-0.2, 0) is 9.59 Å². The van der Waals surface area contributed by atoms with E-state index < -0.39 is 5.92 Å². The highest BCUT2D eigenvalue weighted by molar-refractivity contribution is 7.14. The monoisotopic (exact) mass is 425 g/mol. The molecule has 30 heavy (non-hydrogen) atoms. The molecule has 1 aliphatic heterocycles. The summed E-state index contributed by atoms with van der Waals surface area (Å²) in [5, 5.41) is 5.25. The van der Waals surface area contributed by atoms with Gasteiger partial charge in [0.2, 0.25) is 11.8 Å². The van der Waals surface area contributed by atoms with Crippen molar-refractivity contribution in [2.24, 2.45) is 5.92 Å². The summed E-state index contributed by atoms with van der Waals surface area (Å²) in [5.41, 5.74) is 2.38. The first-order chi connectivity index (χ1) is 14.5. The highest BCUT2D eigenvalue weighted by Crippen LogP contribution is 2.34. The van der Waals surface area contributed by atoms with Crippen LogP contribution in [0.25, 0.3) is 11.3 Å². The largest absolute Gasteiger partial charge is 0.492 e. The number of hydrogen-bond donors (Lipinski definition) is 1. The Morgan fingerprint density at radius 2 is 2.17 bits per heavy atom. The SMILES string of the molecule is CCOc1ccccc1N1CC(C(=O)Nc2nc(-c3cc(C)oc3C)cs2)CC1=O. The number of para-hydroxylation sites is 2. The van der Waals surface area contributed by atoms with Crippen molar-refractivity contribution < 1.29 is 18.7 Å². The number of aromatic nitrogens is 1. The number of rotatable bonds is 6. The van der Waals surface area contributed by atoms with Crippen molar-refractivity contribution in [3.63, 3.8) is 0 Å². The van der Waals surface area contributed by atoms with E-state index in [0.717, 1.165) is 22.8 Å². The van der Waals surface area contributed by atoms with Gasteiger partial charge in [0.25, 0.3) is 0 Å². The predicted molar refractivity (Wildman–Crippen MR) is 116 cm³/mol. The maximum Gasteiger partial charge on any atom is 0.231 e. The molecule has 1 fully saturated rings. The Kier molecular flexibility index (Phi) is 5.59. The molecule has 1 aliphatic rings. The second-order valence-electron chi connectivity index (χ2n) is 7.16. The van der Waals surface area contributed by atoms with Crippen LogP contribution in [0.5, 0.6) is 5.75 Å². The van der Waals surface area contributed by atoms with E-state index >= 15 is 0 Å². The summed E-state index contributed by atoms with van der Waals surface area (Å²) >= 11 is 1.35. The van der Waals surface area contributed by atoms with Crippen LogP contribution >= 0.6 is 11.3 Å². The molecule has 0 saturated carbocycles. The number of carbonyl (C=O) groups is 2. The van der Waals surface area contributed by atoms with Crippen LogP contribution < -0.4 is 15.0 Å². The molecule has 1 atom stereocenters. The van der Waals surface area contributed by atoms with Crippen LogP contribution in [0.15, 0.2) is 40.1 Å². The fourth-order valence-corrected chi connectivity index (χ4v) is 4.33. The number of furan rings is 1. The van der Waals surface area contributed by atoms with Crippen LogP contribution in [0, 0.1) is 19.8 Å². The van der Waals surface area contributed by atoms with Gasteiger partial charge in [-0.25, -0.2) is 4.98 Å². The average Bonchev–Trinajstić information content (AvgIpc) is 3.41. The first-order valence-electron chi connectivity index (χ1n) is 9.82. The normalized spacial score (nSPS) is 16.2. The van der Waals surface area contributed by atoms with E-state index in [1.54, 1.807) is 4.90 Å². The number of nitrogens with zero attached hydrogens (tertiary/aromatic N) is 2. The summed E-state index contributed by atoms with van der Waals surface area (Å²) in [5.74, 6) is 1.51. The lowest BCUT2D eigenvalue weighted by atomic mass is 10.1. The van der Waals surface area contributed by atoms with Gasteiger partial charge < -0.3 is 19.4 Å². The molecule has 156 valence electrons. The average molecular weight is 426 g/mol. The van der Waals surface area contributed by atoms with Crippen molar-refractivity contribution in [1.29, 1.82) is 0 Å². The number of benzene rings is 1. The van der Waals surface area contributed by atoms with Crippen molar-refractivity contribution >= 4 is 34.0 Å². The lowest BCUT2D eigenvalue weighted by Gasteiger charge is -2.20. The van der Waals surface area contributed by atoms with Gasteiger partial charge in [-0.2, -0.15) is 0 Å². The summed E-state index contributed by atoms with van der Waals surface area (Å²) in [6.07, 6.45) is 0.157. The number of anilines is 2. The fourth-order valence-electron chi connectivity index (χ4n) is 3.62. The minimum absolute atomic E-state index is 0.0911. The molecule has 1 aromatic carbocycles. The fraction of sp³-hybridized carbons (Fsp3) is 0.318. The zero-order chi connectivity index (χ0) is 21.3. The minimum Gasteiger partial charge on any atom is -0.492 e. The third-order valence-corrected chi connectivity index (χ3v) is 5.76. The maximum absolute atomic E-state index is 12.8. The van der Waals surface area contributed by atoms with E-state index in [0.29, 0.717) is 29.7 Å². The summed E-state index contributed by atoms with van der Waals surface area (Å²) in [7, 11) is 0. The van der Waals surface area contributed by atoms with Crippen LogP contribution in [0.3, 0.4) is 0 Å². The van der Waals surface area contributed by atoms with Crippen molar-refractivity contribution in [3.8, 4) is 17.0 Å². The van der Waals surface area contributed by atoms with E-state index in [-0.39, 0.29) is 18.2 Å². The van der Waals surface area contributed by atoms with Crippen LogP contribution in [0.2, 0.25) is 0 Å². The van der Waals surface area contributed by atoms with Crippen molar-refractivity contribution in [2.75, 3.05) is 23.4 Å².